The van der Waals surface area contributed by atoms with E-state index in [1.54, 1.807) is 0 Å². The summed E-state index contributed by atoms with van der Waals surface area (Å²) in [5.74, 6) is 0.556. The molecule has 0 heterocycles. The fraction of sp³-hybridized carbons (Fsp3) is 0.244. The van der Waals surface area contributed by atoms with Crippen LogP contribution in [0, 0.1) is 12.0 Å². The molecule has 0 amide bonds. The zero-order valence-corrected chi connectivity index (χ0v) is 35.4. The Kier molecular flexibility index (Phi) is 12.7. The summed E-state index contributed by atoms with van der Waals surface area (Å²) in [6.07, 6.45) is 12.2. The molecule has 1 unspecified atom stereocenters. The molecule has 0 nitrogen and oxygen atoms in total. The SMILES string of the molecule is CC1=CC(C)(C)c2cc3[cH-]c4cc5c(cc4c3cc21)C(C)=CC5(C)C.CC1=CC(C)[C-]=C1.Clc1cccc([C](=[Zr+2])c2cccc(Cl)c2)c1.[Cl-].[Cl-]. The predicted octanol–water partition coefficient (Wildman–Crippen LogP) is 7.16. The first kappa shape index (κ1) is 40.4. The van der Waals surface area contributed by atoms with Gasteiger partial charge in [-0.1, -0.05) is 75.9 Å². The first-order chi connectivity index (χ1) is 22.6. The monoisotopic (exact) mass is 812 g/mol. The van der Waals surface area contributed by atoms with E-state index >= 15 is 0 Å². The van der Waals surface area contributed by atoms with Crippen LogP contribution in [-0.4, -0.2) is 3.21 Å². The van der Waals surface area contributed by atoms with E-state index in [9.17, 15) is 0 Å². The fourth-order valence-corrected chi connectivity index (χ4v) is 8.57. The Morgan fingerprint density at radius 2 is 1.14 bits per heavy atom. The van der Waals surface area contributed by atoms with Crippen LogP contribution in [0.3, 0.4) is 0 Å². The molecule has 0 radical (unpaired) electrons. The average molecular weight is 816 g/mol. The van der Waals surface area contributed by atoms with Crippen molar-refractivity contribution in [3.05, 3.63) is 158 Å². The molecule has 0 spiro atoms. The number of hydrogen-bond acceptors (Lipinski definition) is 0. The molecule has 0 aromatic heterocycles. The van der Waals surface area contributed by atoms with Crippen molar-refractivity contribution >= 4 is 59.1 Å². The molecule has 3 aliphatic rings. The third-order valence-corrected chi connectivity index (χ3v) is 11.6. The van der Waals surface area contributed by atoms with Crippen LogP contribution in [0.1, 0.15) is 88.8 Å². The van der Waals surface area contributed by atoms with Gasteiger partial charge in [0.1, 0.15) is 0 Å². The summed E-state index contributed by atoms with van der Waals surface area (Å²) in [6.45, 7) is 18.0. The van der Waals surface area contributed by atoms with E-state index in [2.05, 4.69) is 122 Å². The Morgan fingerprint density at radius 1 is 0.700 bits per heavy atom. The van der Waals surface area contributed by atoms with Crippen molar-refractivity contribution in [3.8, 4) is 0 Å². The second-order valence-corrected chi connectivity index (χ2v) is 16.7. The van der Waals surface area contributed by atoms with Gasteiger partial charge in [0, 0.05) is 10.8 Å². The molecule has 5 aromatic carbocycles. The van der Waals surface area contributed by atoms with E-state index in [0.717, 1.165) is 21.2 Å². The third kappa shape index (κ3) is 8.30. The summed E-state index contributed by atoms with van der Waals surface area (Å²) in [7, 11) is 0. The van der Waals surface area contributed by atoms with E-state index in [0.29, 0.717) is 5.92 Å². The van der Waals surface area contributed by atoms with Crippen molar-refractivity contribution in [3.63, 3.8) is 0 Å². The molecule has 0 saturated carbocycles. The number of allylic oxidation sites excluding steroid dienone is 8. The molecule has 0 fully saturated rings. The molecule has 0 aliphatic heterocycles. The van der Waals surface area contributed by atoms with Crippen LogP contribution in [0.25, 0.3) is 32.7 Å². The number of rotatable bonds is 2. The maximum atomic E-state index is 5.98. The van der Waals surface area contributed by atoms with Crippen molar-refractivity contribution in [1.29, 1.82) is 0 Å². The van der Waals surface area contributed by atoms with E-state index < -0.39 is 0 Å². The van der Waals surface area contributed by atoms with Crippen molar-refractivity contribution in [2.24, 2.45) is 5.92 Å². The molecular formula is C45H42Cl4Zr-2. The van der Waals surface area contributed by atoms with E-state index in [1.807, 2.05) is 42.5 Å². The van der Waals surface area contributed by atoms with Gasteiger partial charge < -0.3 is 24.8 Å². The predicted molar refractivity (Wildman–Crippen MR) is 207 cm³/mol. The van der Waals surface area contributed by atoms with Crippen LogP contribution in [0.2, 0.25) is 10.0 Å². The number of hydrogen-bond donors (Lipinski definition) is 0. The van der Waals surface area contributed by atoms with Crippen molar-refractivity contribution < 1.29 is 49.0 Å². The zero-order valence-electron chi connectivity index (χ0n) is 29.9. The van der Waals surface area contributed by atoms with Gasteiger partial charge in [-0.15, -0.1) is 46.7 Å². The van der Waals surface area contributed by atoms with Gasteiger partial charge in [0.25, 0.3) is 0 Å². The van der Waals surface area contributed by atoms with Crippen molar-refractivity contribution in [2.75, 3.05) is 0 Å². The first-order valence-electron chi connectivity index (χ1n) is 16.6. The Balaban J connectivity index is 0.000000193. The van der Waals surface area contributed by atoms with Gasteiger partial charge in [-0.3, -0.25) is 6.08 Å². The summed E-state index contributed by atoms with van der Waals surface area (Å²) in [5.41, 5.74) is 12.6. The summed E-state index contributed by atoms with van der Waals surface area (Å²) in [5, 5.41) is 7.10. The molecule has 256 valence electrons. The quantitative estimate of drug-likeness (QED) is 0.166. The summed E-state index contributed by atoms with van der Waals surface area (Å²) in [6, 6.07) is 27.9. The van der Waals surface area contributed by atoms with E-state index in [-0.39, 0.29) is 35.6 Å². The second-order valence-electron chi connectivity index (χ2n) is 14.6. The summed E-state index contributed by atoms with van der Waals surface area (Å²) >= 11 is 13.3. The molecule has 5 heteroatoms. The Morgan fingerprint density at radius 3 is 1.48 bits per heavy atom. The van der Waals surface area contributed by atoms with E-state index in [4.69, 9.17) is 23.2 Å². The molecule has 0 bridgehead atoms. The number of halogens is 4. The number of fused-ring (bicyclic) bond motifs is 5. The molecule has 0 N–H and O–H groups in total. The third-order valence-electron chi connectivity index (χ3n) is 9.69. The van der Waals surface area contributed by atoms with Gasteiger partial charge in [-0.2, -0.15) is 6.08 Å². The van der Waals surface area contributed by atoms with Crippen LogP contribution in [0.5, 0.6) is 0 Å². The topological polar surface area (TPSA) is 0 Å². The van der Waals surface area contributed by atoms with Crippen LogP contribution in [0.15, 0.2) is 109 Å². The fourth-order valence-electron chi connectivity index (χ4n) is 7.43. The van der Waals surface area contributed by atoms with Gasteiger partial charge in [0.15, 0.2) is 0 Å². The van der Waals surface area contributed by atoms with Crippen LogP contribution in [0.4, 0.5) is 0 Å². The Bertz CT molecular complexity index is 2080. The van der Waals surface area contributed by atoms with Crippen LogP contribution >= 0.6 is 23.2 Å². The van der Waals surface area contributed by atoms with Gasteiger partial charge in [0.05, 0.1) is 0 Å². The minimum Gasteiger partial charge on any atom is -1.00 e. The van der Waals surface area contributed by atoms with Gasteiger partial charge in [-0.05, 0) is 36.1 Å². The van der Waals surface area contributed by atoms with Crippen molar-refractivity contribution in [1.82, 2.24) is 0 Å². The molecule has 5 aromatic rings. The summed E-state index contributed by atoms with van der Waals surface area (Å²) < 4.78 is 1.26. The minimum absolute atomic E-state index is 0. The van der Waals surface area contributed by atoms with Crippen molar-refractivity contribution in [2.45, 2.75) is 66.2 Å². The molecule has 3 aliphatic carbocycles. The average Bonchev–Trinajstić information content (AvgIpc) is 3.71. The maximum Gasteiger partial charge on any atom is -1.00 e. The van der Waals surface area contributed by atoms with Gasteiger partial charge in [0.2, 0.25) is 0 Å². The second kappa shape index (κ2) is 15.7. The molecule has 1 atom stereocenters. The largest absolute Gasteiger partial charge is 1.00 e. The molecular weight excluding hydrogens is 774 g/mol. The standard InChI is InChI=1S/C25H25.C13H8Cl2.C7H9.2ClH.Zr/c1-14-12-24(3,4)22-8-16-7-17-9-23-19(15(2)13-25(23,5)6)11-21(17)20(16)10-18(14)22;14-12-5-1-3-10(8-12)7-11-4-2-6-13(15)9-11;1-6-3-4-7(2)5-6;;;/h7-13H,1-6H3;1-6,8-9H;3,5,7H,1-2H3;2*1H;/q-1;;-1;;;+2/p-2. The first-order valence-corrected chi connectivity index (χ1v) is 18.6. The molecule has 0 saturated heterocycles. The Hall–Kier alpha value is -2.38. The normalized spacial score (nSPS) is 17.2. The number of benzene rings is 4. The Labute approximate surface area is 335 Å². The van der Waals surface area contributed by atoms with E-state index in [1.165, 1.54) is 88.0 Å². The summed E-state index contributed by atoms with van der Waals surface area (Å²) in [4.78, 5) is 0. The smallest absolute Gasteiger partial charge is 1.00 e. The van der Waals surface area contributed by atoms with Crippen LogP contribution in [-0.2, 0) is 35.1 Å². The molecule has 50 heavy (non-hydrogen) atoms. The maximum absolute atomic E-state index is 5.98. The van der Waals surface area contributed by atoms with Crippen LogP contribution < -0.4 is 24.8 Å². The zero-order chi connectivity index (χ0) is 34.5. The van der Waals surface area contributed by atoms with Gasteiger partial charge in [-0.25, -0.2) is 11.6 Å². The van der Waals surface area contributed by atoms with Gasteiger partial charge >= 0.3 is 120 Å². The minimum atomic E-state index is 0. The molecule has 8 rings (SSSR count).